The van der Waals surface area contributed by atoms with Gasteiger partial charge < -0.3 is 5.32 Å². The summed E-state index contributed by atoms with van der Waals surface area (Å²) in [5.74, 6) is 0.461. The van der Waals surface area contributed by atoms with Crippen LogP contribution in [0.5, 0.6) is 0 Å². The van der Waals surface area contributed by atoms with E-state index < -0.39 is 0 Å². The third-order valence-corrected chi connectivity index (χ3v) is 3.73. The molecule has 0 saturated heterocycles. The average molecular weight is 279 g/mol. The molecule has 19 heavy (non-hydrogen) atoms. The van der Waals surface area contributed by atoms with Gasteiger partial charge in [0.2, 0.25) is 0 Å². The van der Waals surface area contributed by atoms with Crippen LogP contribution in [0.15, 0.2) is 12.3 Å². The number of halogens is 1. The van der Waals surface area contributed by atoms with Crippen molar-refractivity contribution >= 4 is 23.2 Å². The van der Waals surface area contributed by atoms with Gasteiger partial charge in [-0.3, -0.25) is 4.79 Å². The largest absolute Gasteiger partial charge is 0.348 e. The number of amides is 1. The quantitative estimate of drug-likeness (QED) is 0.936. The lowest BCUT2D eigenvalue weighted by Crippen LogP contribution is -2.34. The number of carbonyl (C=O) groups is 1. The molecule has 100 valence electrons. The summed E-state index contributed by atoms with van der Waals surface area (Å²) in [4.78, 5) is 16.5. The van der Waals surface area contributed by atoms with E-state index in [-0.39, 0.29) is 11.9 Å². The normalized spacial score (nSPS) is 16.6. The van der Waals surface area contributed by atoms with Gasteiger partial charge in [-0.1, -0.05) is 11.6 Å². The number of hydrogen-bond donors (Lipinski definition) is 1. The summed E-state index contributed by atoms with van der Waals surface area (Å²) in [5.41, 5.74) is 1.98. The zero-order valence-electron chi connectivity index (χ0n) is 10.9. The van der Waals surface area contributed by atoms with E-state index in [0.717, 1.165) is 5.56 Å². The number of hydrogen-bond acceptors (Lipinski definition) is 3. The minimum Gasteiger partial charge on any atom is -0.348 e. The van der Waals surface area contributed by atoms with Gasteiger partial charge in [-0.15, -0.1) is 0 Å². The van der Waals surface area contributed by atoms with Gasteiger partial charge in [-0.2, -0.15) is 5.10 Å². The Morgan fingerprint density at radius 3 is 3.00 bits per heavy atom. The van der Waals surface area contributed by atoms with Crippen molar-refractivity contribution in [1.82, 2.24) is 19.9 Å². The van der Waals surface area contributed by atoms with Gasteiger partial charge in [0.15, 0.2) is 11.3 Å². The molecule has 2 aromatic rings. The lowest BCUT2D eigenvalue weighted by Gasteiger charge is -2.12. The number of aromatic nitrogens is 3. The molecule has 0 radical (unpaired) electrons. The summed E-state index contributed by atoms with van der Waals surface area (Å²) in [6, 6.07) is 1.93. The Morgan fingerprint density at radius 1 is 1.58 bits per heavy atom. The molecule has 2 heterocycles. The van der Waals surface area contributed by atoms with Gasteiger partial charge in [-0.05, 0) is 44.2 Å². The molecule has 0 aliphatic heterocycles. The molecule has 1 amide bonds. The Morgan fingerprint density at radius 2 is 2.32 bits per heavy atom. The third kappa shape index (κ3) is 2.30. The zero-order valence-corrected chi connectivity index (χ0v) is 11.6. The number of aryl methyl sites for hydroxylation is 1. The van der Waals surface area contributed by atoms with E-state index in [2.05, 4.69) is 15.4 Å². The van der Waals surface area contributed by atoms with Gasteiger partial charge in [0.1, 0.15) is 5.15 Å². The van der Waals surface area contributed by atoms with Gasteiger partial charge in [-0.25, -0.2) is 9.50 Å². The molecule has 6 heteroatoms. The molecular weight excluding hydrogens is 264 g/mol. The van der Waals surface area contributed by atoms with Gasteiger partial charge >= 0.3 is 0 Å². The molecule has 1 atom stereocenters. The molecule has 1 fully saturated rings. The average Bonchev–Trinajstić information content (AvgIpc) is 3.09. The van der Waals surface area contributed by atoms with Crippen LogP contribution in [0.2, 0.25) is 5.15 Å². The molecule has 0 spiro atoms. The maximum absolute atomic E-state index is 12.2. The second-order valence-corrected chi connectivity index (χ2v) is 5.52. The maximum Gasteiger partial charge on any atom is 0.271 e. The predicted octanol–water partition coefficient (Wildman–Crippen LogP) is 2.22. The monoisotopic (exact) mass is 278 g/mol. The first-order valence-corrected chi connectivity index (χ1v) is 6.76. The van der Waals surface area contributed by atoms with Crippen molar-refractivity contribution in [2.24, 2.45) is 5.92 Å². The first-order valence-electron chi connectivity index (χ1n) is 6.38. The second kappa shape index (κ2) is 4.49. The van der Waals surface area contributed by atoms with Crippen molar-refractivity contribution in [3.8, 4) is 0 Å². The van der Waals surface area contributed by atoms with Crippen molar-refractivity contribution in [3.63, 3.8) is 0 Å². The van der Waals surface area contributed by atoms with Crippen molar-refractivity contribution in [2.75, 3.05) is 0 Å². The number of nitrogens with zero attached hydrogens (tertiary/aromatic N) is 3. The predicted molar refractivity (Wildman–Crippen MR) is 72.4 cm³/mol. The van der Waals surface area contributed by atoms with Crippen LogP contribution in [-0.2, 0) is 0 Å². The number of fused-ring (bicyclic) bond motifs is 1. The molecule has 1 N–H and O–H groups in total. The number of rotatable bonds is 3. The maximum atomic E-state index is 12.2. The van der Waals surface area contributed by atoms with E-state index in [0.29, 0.717) is 22.4 Å². The summed E-state index contributed by atoms with van der Waals surface area (Å²) in [5, 5.41) is 7.49. The first-order chi connectivity index (χ1) is 9.06. The van der Waals surface area contributed by atoms with E-state index in [1.807, 2.05) is 13.8 Å². The molecule has 5 nitrogen and oxygen atoms in total. The Hall–Kier alpha value is -1.62. The standard InChI is InChI=1S/C13H15ClN4O/c1-7-5-11(14)17-18-10(6-15-12(7)18)13(19)16-8(2)9-3-4-9/h5-6,8-9H,3-4H2,1-2H3,(H,16,19)/t8-/m1/s1. The third-order valence-electron chi connectivity index (χ3n) is 3.54. The SMILES string of the molecule is Cc1cc(Cl)nn2c(C(=O)N[C@H](C)C3CC3)cnc12. The van der Waals surface area contributed by atoms with Crippen molar-refractivity contribution < 1.29 is 4.79 Å². The van der Waals surface area contributed by atoms with Gasteiger partial charge in [0, 0.05) is 6.04 Å². The van der Waals surface area contributed by atoms with Gasteiger partial charge in [0.25, 0.3) is 5.91 Å². The molecule has 1 saturated carbocycles. The van der Waals surface area contributed by atoms with Crippen LogP contribution in [0.25, 0.3) is 5.65 Å². The van der Waals surface area contributed by atoms with Crippen LogP contribution in [0.4, 0.5) is 0 Å². The molecule has 0 unspecified atom stereocenters. The Bertz CT molecular complexity index is 647. The highest BCUT2D eigenvalue weighted by Crippen LogP contribution is 2.32. The summed E-state index contributed by atoms with van der Waals surface area (Å²) >= 11 is 5.93. The van der Waals surface area contributed by atoms with Gasteiger partial charge in [0.05, 0.1) is 6.20 Å². The fourth-order valence-electron chi connectivity index (χ4n) is 2.23. The van der Waals surface area contributed by atoms with Crippen LogP contribution in [0, 0.1) is 12.8 Å². The topological polar surface area (TPSA) is 59.3 Å². The van der Waals surface area contributed by atoms with E-state index in [9.17, 15) is 4.79 Å². The molecule has 0 bridgehead atoms. The van der Waals surface area contributed by atoms with E-state index in [4.69, 9.17) is 11.6 Å². The minimum absolute atomic E-state index is 0.152. The highest BCUT2D eigenvalue weighted by atomic mass is 35.5. The lowest BCUT2D eigenvalue weighted by molar-refractivity contribution is 0.0928. The van der Waals surface area contributed by atoms with E-state index >= 15 is 0 Å². The molecular formula is C13H15ClN4O. The highest BCUT2D eigenvalue weighted by Gasteiger charge is 2.29. The lowest BCUT2D eigenvalue weighted by atomic mass is 10.2. The number of carbonyl (C=O) groups excluding carboxylic acids is 1. The smallest absolute Gasteiger partial charge is 0.271 e. The van der Waals surface area contributed by atoms with Crippen molar-refractivity contribution in [3.05, 3.63) is 28.7 Å². The van der Waals surface area contributed by atoms with E-state index in [1.165, 1.54) is 17.4 Å². The number of nitrogens with one attached hydrogen (secondary N) is 1. The van der Waals surface area contributed by atoms with Crippen LogP contribution in [0.3, 0.4) is 0 Å². The highest BCUT2D eigenvalue weighted by molar-refractivity contribution is 6.29. The van der Waals surface area contributed by atoms with Crippen molar-refractivity contribution in [1.29, 1.82) is 0 Å². The summed E-state index contributed by atoms with van der Waals surface area (Å²) in [7, 11) is 0. The molecule has 2 aromatic heterocycles. The zero-order chi connectivity index (χ0) is 13.6. The van der Waals surface area contributed by atoms with Crippen LogP contribution in [0.1, 0.15) is 35.8 Å². The summed E-state index contributed by atoms with van der Waals surface area (Å²) in [6.07, 6.45) is 3.93. The fraction of sp³-hybridized carbons (Fsp3) is 0.462. The Labute approximate surface area is 116 Å². The summed E-state index contributed by atoms with van der Waals surface area (Å²) < 4.78 is 1.51. The second-order valence-electron chi connectivity index (χ2n) is 5.13. The summed E-state index contributed by atoms with van der Waals surface area (Å²) in [6.45, 7) is 3.93. The van der Waals surface area contributed by atoms with E-state index in [1.54, 1.807) is 12.3 Å². The Kier molecular flexibility index (Phi) is 2.93. The van der Waals surface area contributed by atoms with Crippen molar-refractivity contribution in [2.45, 2.75) is 32.7 Å². The van der Waals surface area contributed by atoms with Crippen LogP contribution in [-0.4, -0.2) is 26.5 Å². The molecule has 1 aliphatic rings. The molecule has 0 aromatic carbocycles. The minimum atomic E-state index is -0.152. The molecule has 3 rings (SSSR count). The number of imidazole rings is 1. The van der Waals surface area contributed by atoms with Crippen LogP contribution >= 0.6 is 11.6 Å². The van der Waals surface area contributed by atoms with Crippen LogP contribution < -0.4 is 5.32 Å². The first kappa shape index (κ1) is 12.4. The fourth-order valence-corrected chi connectivity index (χ4v) is 2.47. The molecule has 1 aliphatic carbocycles. The Balaban J connectivity index is 1.93.